The van der Waals surface area contributed by atoms with Gasteiger partial charge in [-0.1, -0.05) is 6.42 Å². The Balaban J connectivity index is 2.45. The average molecular weight is 171 g/mol. The Kier molecular flexibility index (Phi) is 3.22. The first-order valence-electron chi connectivity index (χ1n) is 3.98. The van der Waals surface area contributed by atoms with Crippen LogP contribution in [0, 0.1) is 16.6 Å². The number of nitriles is 1. The lowest BCUT2D eigenvalue weighted by molar-refractivity contribution is 0.132. The Morgan fingerprint density at radius 1 is 1.64 bits per heavy atom. The normalized spacial score (nSPS) is 33.2. The summed E-state index contributed by atoms with van der Waals surface area (Å²) in [6.07, 6.45) is 3.09. The van der Waals surface area contributed by atoms with Crippen LogP contribution in [-0.4, -0.2) is 16.5 Å². The summed E-state index contributed by atoms with van der Waals surface area (Å²) in [5.74, 6) is 0.347. The first-order valence-corrected chi connectivity index (χ1v) is 4.86. The highest BCUT2D eigenvalue weighted by Gasteiger charge is 2.30. The number of aliphatic hydroxyl groups is 1. The van der Waals surface area contributed by atoms with Gasteiger partial charge in [0.15, 0.2) is 0 Å². The molecule has 0 heterocycles. The Morgan fingerprint density at radius 3 is 2.91 bits per heavy atom. The SMILES string of the molecule is CC(O)C1CCCC1SC#N. The van der Waals surface area contributed by atoms with E-state index in [4.69, 9.17) is 5.26 Å². The molecule has 0 radical (unpaired) electrons. The van der Waals surface area contributed by atoms with Gasteiger partial charge in [-0.15, -0.1) is 0 Å². The summed E-state index contributed by atoms with van der Waals surface area (Å²) in [5, 5.41) is 20.3. The first-order chi connectivity index (χ1) is 5.25. The van der Waals surface area contributed by atoms with Crippen molar-refractivity contribution in [1.82, 2.24) is 0 Å². The summed E-state index contributed by atoms with van der Waals surface area (Å²) in [6, 6.07) is 0. The first kappa shape index (κ1) is 8.89. The van der Waals surface area contributed by atoms with Gasteiger partial charge in [0.2, 0.25) is 0 Å². The minimum Gasteiger partial charge on any atom is -0.393 e. The molecule has 1 fully saturated rings. The number of thiocyanates is 1. The zero-order valence-corrected chi connectivity index (χ0v) is 7.47. The van der Waals surface area contributed by atoms with Crippen molar-refractivity contribution in [2.24, 2.45) is 5.92 Å². The van der Waals surface area contributed by atoms with Crippen molar-refractivity contribution < 1.29 is 5.11 Å². The number of nitrogens with zero attached hydrogens (tertiary/aromatic N) is 1. The third kappa shape index (κ3) is 2.11. The fourth-order valence-corrected chi connectivity index (χ4v) is 2.68. The topological polar surface area (TPSA) is 44.0 Å². The Hall–Kier alpha value is -0.200. The highest BCUT2D eigenvalue weighted by molar-refractivity contribution is 8.04. The fourth-order valence-electron chi connectivity index (χ4n) is 1.72. The molecule has 11 heavy (non-hydrogen) atoms. The van der Waals surface area contributed by atoms with Gasteiger partial charge in [-0.2, -0.15) is 5.26 Å². The van der Waals surface area contributed by atoms with Crippen molar-refractivity contribution in [3.8, 4) is 5.40 Å². The summed E-state index contributed by atoms with van der Waals surface area (Å²) >= 11 is 1.32. The maximum atomic E-state index is 9.33. The van der Waals surface area contributed by atoms with Crippen molar-refractivity contribution in [3.63, 3.8) is 0 Å². The quantitative estimate of drug-likeness (QED) is 0.644. The Labute approximate surface area is 71.6 Å². The molecule has 0 aromatic heterocycles. The van der Waals surface area contributed by atoms with Crippen LogP contribution in [0.5, 0.6) is 0 Å². The van der Waals surface area contributed by atoms with Crippen LogP contribution in [0.3, 0.4) is 0 Å². The third-order valence-electron chi connectivity index (χ3n) is 2.33. The summed E-state index contributed by atoms with van der Waals surface area (Å²) in [6.45, 7) is 1.82. The molecule has 62 valence electrons. The van der Waals surface area contributed by atoms with Gasteiger partial charge in [0.1, 0.15) is 5.40 Å². The van der Waals surface area contributed by atoms with E-state index in [0.717, 1.165) is 19.3 Å². The molecule has 3 atom stereocenters. The molecule has 0 bridgehead atoms. The molecule has 0 aromatic rings. The van der Waals surface area contributed by atoms with Crippen LogP contribution >= 0.6 is 11.8 Å². The van der Waals surface area contributed by atoms with Gasteiger partial charge in [-0.3, -0.25) is 0 Å². The highest BCUT2D eigenvalue weighted by Crippen LogP contribution is 2.36. The van der Waals surface area contributed by atoms with Gasteiger partial charge in [0, 0.05) is 5.25 Å². The molecule has 1 saturated carbocycles. The van der Waals surface area contributed by atoms with Crippen LogP contribution in [0.4, 0.5) is 0 Å². The zero-order chi connectivity index (χ0) is 8.27. The van der Waals surface area contributed by atoms with Crippen LogP contribution in [0.15, 0.2) is 0 Å². The second-order valence-electron chi connectivity index (χ2n) is 3.08. The van der Waals surface area contributed by atoms with Gasteiger partial charge in [-0.05, 0) is 37.4 Å². The van der Waals surface area contributed by atoms with E-state index < -0.39 is 0 Å². The van der Waals surface area contributed by atoms with Crippen LogP contribution in [0.1, 0.15) is 26.2 Å². The van der Waals surface area contributed by atoms with Crippen LogP contribution in [-0.2, 0) is 0 Å². The third-order valence-corrected chi connectivity index (χ3v) is 3.32. The Morgan fingerprint density at radius 2 is 2.36 bits per heavy atom. The molecule has 0 amide bonds. The standard InChI is InChI=1S/C8H13NOS/c1-6(10)7-3-2-4-8(7)11-5-9/h6-8,10H,2-4H2,1H3. The van der Waals surface area contributed by atoms with Gasteiger partial charge in [0.25, 0.3) is 0 Å². The predicted octanol–water partition coefficient (Wildman–Crippen LogP) is 1.75. The van der Waals surface area contributed by atoms with Gasteiger partial charge >= 0.3 is 0 Å². The molecule has 0 aliphatic heterocycles. The predicted molar refractivity (Wildman–Crippen MR) is 46.0 cm³/mol. The maximum absolute atomic E-state index is 9.33. The van der Waals surface area contributed by atoms with Crippen molar-refractivity contribution >= 4 is 11.8 Å². The van der Waals surface area contributed by atoms with E-state index in [1.54, 1.807) is 0 Å². The number of hydrogen-bond donors (Lipinski definition) is 1. The van der Waals surface area contributed by atoms with Crippen LogP contribution < -0.4 is 0 Å². The maximum Gasteiger partial charge on any atom is 0.133 e. The lowest BCUT2D eigenvalue weighted by Gasteiger charge is -2.18. The number of aliphatic hydroxyl groups excluding tert-OH is 1. The van der Waals surface area contributed by atoms with Crippen LogP contribution in [0.2, 0.25) is 0 Å². The van der Waals surface area contributed by atoms with E-state index >= 15 is 0 Å². The lowest BCUT2D eigenvalue weighted by atomic mass is 10.0. The molecule has 1 N–H and O–H groups in total. The summed E-state index contributed by atoms with van der Waals surface area (Å²) in [5.41, 5.74) is 0. The number of thioether (sulfide) groups is 1. The van der Waals surface area contributed by atoms with E-state index in [2.05, 4.69) is 5.40 Å². The second-order valence-corrected chi connectivity index (χ2v) is 4.11. The molecule has 3 heteroatoms. The van der Waals surface area contributed by atoms with Crippen LogP contribution in [0.25, 0.3) is 0 Å². The van der Waals surface area contributed by atoms with Gasteiger partial charge < -0.3 is 5.11 Å². The second kappa shape index (κ2) is 3.99. The minimum absolute atomic E-state index is 0.247. The summed E-state index contributed by atoms with van der Waals surface area (Å²) < 4.78 is 0. The molecule has 3 unspecified atom stereocenters. The van der Waals surface area contributed by atoms with Crippen molar-refractivity contribution in [2.45, 2.75) is 37.5 Å². The number of rotatable bonds is 2. The van der Waals surface area contributed by atoms with Crippen molar-refractivity contribution in [1.29, 1.82) is 5.26 Å². The smallest absolute Gasteiger partial charge is 0.133 e. The number of hydrogen-bond acceptors (Lipinski definition) is 3. The van der Waals surface area contributed by atoms with E-state index in [0.29, 0.717) is 11.2 Å². The van der Waals surface area contributed by atoms with Crippen molar-refractivity contribution in [3.05, 3.63) is 0 Å². The highest BCUT2D eigenvalue weighted by atomic mass is 32.2. The van der Waals surface area contributed by atoms with Gasteiger partial charge in [0.05, 0.1) is 6.10 Å². The van der Waals surface area contributed by atoms with E-state index in [1.807, 2.05) is 6.92 Å². The molecule has 0 saturated heterocycles. The molecule has 1 aliphatic rings. The molecule has 1 aliphatic carbocycles. The van der Waals surface area contributed by atoms with E-state index in [-0.39, 0.29) is 6.10 Å². The Bertz CT molecular complexity index is 164. The minimum atomic E-state index is -0.247. The fraction of sp³-hybridized carbons (Fsp3) is 0.875. The molecular formula is C8H13NOS. The monoisotopic (exact) mass is 171 g/mol. The molecule has 0 aromatic carbocycles. The average Bonchev–Trinajstić information content (AvgIpc) is 2.36. The molecular weight excluding hydrogens is 158 g/mol. The molecule has 1 rings (SSSR count). The van der Waals surface area contributed by atoms with Gasteiger partial charge in [-0.25, -0.2) is 0 Å². The summed E-state index contributed by atoms with van der Waals surface area (Å²) in [4.78, 5) is 0. The van der Waals surface area contributed by atoms with Crippen molar-refractivity contribution in [2.75, 3.05) is 0 Å². The zero-order valence-electron chi connectivity index (χ0n) is 6.66. The lowest BCUT2D eigenvalue weighted by Crippen LogP contribution is -2.22. The largest absolute Gasteiger partial charge is 0.393 e. The van der Waals surface area contributed by atoms with E-state index in [1.165, 1.54) is 11.8 Å². The molecule has 0 spiro atoms. The van der Waals surface area contributed by atoms with E-state index in [9.17, 15) is 5.11 Å². The summed E-state index contributed by atoms with van der Waals surface area (Å²) in [7, 11) is 0. The molecule has 2 nitrogen and oxygen atoms in total.